The zero-order valence-corrected chi connectivity index (χ0v) is 21.5. The Kier molecular flexibility index (Phi) is 8.55. The molecule has 3 atom stereocenters. The molecule has 3 aliphatic rings. The van der Waals surface area contributed by atoms with Crippen LogP contribution in [0.25, 0.3) is 6.08 Å². The van der Waals surface area contributed by atoms with Gasteiger partial charge in [0.15, 0.2) is 0 Å². The van der Waals surface area contributed by atoms with E-state index in [0.717, 1.165) is 74.7 Å². The third-order valence-corrected chi connectivity index (χ3v) is 8.88. The average Bonchev–Trinajstić information content (AvgIpc) is 2.87. The zero-order valence-electron chi connectivity index (χ0n) is 20.7. The monoisotopic (exact) mass is 486 g/mol. The van der Waals surface area contributed by atoms with Crippen molar-refractivity contribution in [2.45, 2.75) is 37.5 Å². The summed E-state index contributed by atoms with van der Waals surface area (Å²) in [5, 5.41) is 3.51. The van der Waals surface area contributed by atoms with E-state index < -0.39 is 0 Å². The highest BCUT2D eigenvalue weighted by Gasteiger charge is 2.42. The molecule has 2 saturated heterocycles. The quantitative estimate of drug-likeness (QED) is 0.598. The highest BCUT2D eigenvalue weighted by atomic mass is 32.2. The number of fused-ring (bicyclic) bond motifs is 1. The molecule has 2 aliphatic heterocycles. The molecule has 3 unspecified atom stereocenters. The Hall–Kier alpha value is -2.03. The van der Waals surface area contributed by atoms with Crippen LogP contribution < -0.4 is 10.1 Å². The third-order valence-electron chi connectivity index (χ3n) is 7.49. The molecular formula is C26H38N4O3S. The number of hydrogen-bond donors (Lipinski definition) is 1. The molecule has 1 saturated carbocycles. The Bertz CT molecular complexity index is 883. The Morgan fingerprint density at radius 2 is 1.85 bits per heavy atom. The van der Waals surface area contributed by atoms with E-state index in [1.165, 1.54) is 0 Å². The molecule has 3 fully saturated rings. The molecule has 1 N–H and O–H groups in total. The lowest BCUT2D eigenvalue weighted by atomic mass is 9.83. The first-order valence-electron chi connectivity index (χ1n) is 12.5. The first-order chi connectivity index (χ1) is 16.5. The van der Waals surface area contributed by atoms with Crippen LogP contribution in [0.15, 0.2) is 29.2 Å². The van der Waals surface area contributed by atoms with Crippen LogP contribution in [0, 0.1) is 5.92 Å². The van der Waals surface area contributed by atoms with Gasteiger partial charge < -0.3 is 19.9 Å². The summed E-state index contributed by atoms with van der Waals surface area (Å²) in [5.41, 5.74) is 0.993. The lowest BCUT2D eigenvalue weighted by molar-refractivity contribution is -0.131. The Labute approximate surface area is 207 Å². The minimum Gasteiger partial charge on any atom is -0.497 e. The molecule has 2 amide bonds. The molecule has 7 nitrogen and oxygen atoms in total. The number of hydrogen-bond acceptors (Lipinski definition) is 6. The van der Waals surface area contributed by atoms with Crippen LogP contribution >= 0.6 is 11.8 Å². The van der Waals surface area contributed by atoms with Gasteiger partial charge in [-0.15, -0.1) is 11.8 Å². The van der Waals surface area contributed by atoms with Crippen molar-refractivity contribution in [3.63, 3.8) is 0 Å². The van der Waals surface area contributed by atoms with Crippen molar-refractivity contribution in [1.29, 1.82) is 0 Å². The average molecular weight is 487 g/mol. The van der Waals surface area contributed by atoms with Crippen molar-refractivity contribution < 1.29 is 14.3 Å². The van der Waals surface area contributed by atoms with E-state index in [0.29, 0.717) is 11.8 Å². The molecule has 2 heterocycles. The molecule has 186 valence electrons. The SMILES string of the molecule is CCN1CCN(CCNC(=O)C2CCC3S/C(=C\c4ccc(OC)cc4)C(=O)N(C)C3C2)CC1. The largest absolute Gasteiger partial charge is 0.497 e. The molecule has 1 aromatic carbocycles. The summed E-state index contributed by atoms with van der Waals surface area (Å²) in [6.07, 6.45) is 4.55. The van der Waals surface area contributed by atoms with Crippen LogP contribution in [0.2, 0.25) is 0 Å². The van der Waals surface area contributed by atoms with Crippen molar-refractivity contribution in [3.05, 3.63) is 34.7 Å². The van der Waals surface area contributed by atoms with Crippen molar-refractivity contribution in [2.75, 3.05) is 60.0 Å². The molecule has 0 radical (unpaired) electrons. The van der Waals surface area contributed by atoms with E-state index in [9.17, 15) is 9.59 Å². The summed E-state index contributed by atoms with van der Waals surface area (Å²) in [7, 11) is 3.53. The number of thioether (sulfide) groups is 1. The first kappa shape index (κ1) is 25.1. The Balaban J connectivity index is 1.27. The predicted octanol–water partition coefficient (Wildman–Crippen LogP) is 2.53. The minimum absolute atomic E-state index is 0.0128. The lowest BCUT2D eigenvalue weighted by Crippen LogP contribution is -2.53. The summed E-state index contributed by atoms with van der Waals surface area (Å²) in [6.45, 7) is 9.32. The fourth-order valence-corrected chi connectivity index (χ4v) is 6.68. The van der Waals surface area contributed by atoms with Gasteiger partial charge in [-0.1, -0.05) is 19.1 Å². The second-order valence-corrected chi connectivity index (χ2v) is 10.8. The first-order valence-corrected chi connectivity index (χ1v) is 13.4. The van der Waals surface area contributed by atoms with Gasteiger partial charge in [0.25, 0.3) is 5.91 Å². The fraction of sp³-hybridized carbons (Fsp3) is 0.615. The molecule has 34 heavy (non-hydrogen) atoms. The molecule has 8 heteroatoms. The lowest BCUT2D eigenvalue weighted by Gasteiger charge is -2.44. The van der Waals surface area contributed by atoms with Crippen LogP contribution in [-0.2, 0) is 9.59 Å². The van der Waals surface area contributed by atoms with Gasteiger partial charge in [-0.05, 0) is 49.6 Å². The van der Waals surface area contributed by atoms with Crippen molar-refractivity contribution in [1.82, 2.24) is 20.0 Å². The van der Waals surface area contributed by atoms with Gasteiger partial charge in [-0.25, -0.2) is 0 Å². The van der Waals surface area contributed by atoms with Gasteiger partial charge >= 0.3 is 0 Å². The highest BCUT2D eigenvalue weighted by molar-refractivity contribution is 8.04. The second-order valence-electron chi connectivity index (χ2n) is 9.50. The maximum Gasteiger partial charge on any atom is 0.260 e. The summed E-state index contributed by atoms with van der Waals surface area (Å²) in [5.74, 6) is 0.990. The number of nitrogens with one attached hydrogen (secondary N) is 1. The molecule has 0 bridgehead atoms. The molecule has 0 aromatic heterocycles. The van der Waals surface area contributed by atoms with Crippen molar-refractivity contribution in [3.8, 4) is 5.75 Å². The number of piperazine rings is 1. The second kappa shape index (κ2) is 11.6. The smallest absolute Gasteiger partial charge is 0.260 e. The van der Waals surface area contributed by atoms with Crippen molar-refractivity contribution in [2.24, 2.45) is 5.92 Å². The van der Waals surface area contributed by atoms with Gasteiger partial charge in [0.2, 0.25) is 5.91 Å². The molecular weight excluding hydrogens is 448 g/mol. The van der Waals surface area contributed by atoms with Gasteiger partial charge in [-0.2, -0.15) is 0 Å². The molecule has 1 aliphatic carbocycles. The number of benzene rings is 1. The van der Waals surface area contributed by atoms with Gasteiger partial charge in [0.1, 0.15) is 5.75 Å². The highest BCUT2D eigenvalue weighted by Crippen LogP contribution is 2.43. The fourth-order valence-electron chi connectivity index (χ4n) is 5.20. The van der Waals surface area contributed by atoms with E-state index in [1.807, 2.05) is 42.3 Å². The summed E-state index contributed by atoms with van der Waals surface area (Å²) in [6, 6.07) is 7.86. The van der Waals surface area contributed by atoms with E-state index in [2.05, 4.69) is 22.0 Å². The molecule has 4 rings (SSSR count). The van der Waals surface area contributed by atoms with Gasteiger partial charge in [-0.3, -0.25) is 14.5 Å². The number of amides is 2. The van der Waals surface area contributed by atoms with E-state index in [-0.39, 0.29) is 23.8 Å². The number of methoxy groups -OCH3 is 1. The van der Waals surface area contributed by atoms with Crippen LogP contribution in [0.3, 0.4) is 0 Å². The van der Waals surface area contributed by atoms with Crippen LogP contribution in [-0.4, -0.2) is 97.8 Å². The minimum atomic E-state index is -0.0128. The topological polar surface area (TPSA) is 65.1 Å². The van der Waals surface area contributed by atoms with Gasteiger partial charge in [0.05, 0.1) is 12.0 Å². The summed E-state index contributed by atoms with van der Waals surface area (Å²) < 4.78 is 5.22. The number of carbonyl (C=O) groups excluding carboxylic acids is 2. The maximum absolute atomic E-state index is 13.1. The number of rotatable bonds is 7. The Morgan fingerprint density at radius 1 is 1.15 bits per heavy atom. The Morgan fingerprint density at radius 3 is 2.53 bits per heavy atom. The summed E-state index contributed by atoms with van der Waals surface area (Å²) >= 11 is 1.68. The zero-order chi connectivity index (χ0) is 24.1. The number of likely N-dealkylation sites (N-methyl/N-ethyl adjacent to an activating group) is 2. The predicted molar refractivity (Wildman–Crippen MR) is 138 cm³/mol. The number of nitrogens with zero attached hydrogens (tertiary/aromatic N) is 3. The van der Waals surface area contributed by atoms with Crippen LogP contribution in [0.1, 0.15) is 31.7 Å². The number of ether oxygens (including phenoxy) is 1. The van der Waals surface area contributed by atoms with E-state index in [1.54, 1.807) is 18.9 Å². The van der Waals surface area contributed by atoms with E-state index in [4.69, 9.17) is 4.74 Å². The van der Waals surface area contributed by atoms with Crippen LogP contribution in [0.4, 0.5) is 0 Å². The maximum atomic E-state index is 13.1. The molecule has 1 aromatic rings. The van der Waals surface area contributed by atoms with Gasteiger partial charge in [0, 0.05) is 63.5 Å². The third kappa shape index (κ3) is 5.96. The van der Waals surface area contributed by atoms with E-state index >= 15 is 0 Å². The number of carbonyl (C=O) groups is 2. The van der Waals surface area contributed by atoms with Crippen molar-refractivity contribution >= 4 is 29.7 Å². The normalized spacial score (nSPS) is 27.5. The van der Waals surface area contributed by atoms with Crippen LogP contribution in [0.5, 0.6) is 5.75 Å². The molecule has 0 spiro atoms. The summed E-state index contributed by atoms with van der Waals surface area (Å²) in [4.78, 5) is 33.5. The standard InChI is InChI=1S/C26H38N4O3S/c1-4-29-13-15-30(16-14-29)12-11-27-25(31)20-7-10-23-22(18-20)28(2)26(32)24(34-23)17-19-5-8-21(33-3)9-6-19/h5-6,8-9,17,20,22-23H,4,7,10-16,18H2,1-3H3,(H,27,31)/b24-17-.